The van der Waals surface area contributed by atoms with Crippen molar-refractivity contribution in [1.82, 2.24) is 9.88 Å². The van der Waals surface area contributed by atoms with E-state index in [-0.39, 0.29) is 11.3 Å². The molecule has 2 N–H and O–H groups in total. The van der Waals surface area contributed by atoms with Crippen LogP contribution in [-0.2, 0) is 4.79 Å². The quantitative estimate of drug-likeness (QED) is 0.902. The molecule has 0 saturated carbocycles. The van der Waals surface area contributed by atoms with Gasteiger partial charge in [-0.25, -0.2) is 4.98 Å². The smallest absolute Gasteiger partial charge is 0.230 e. The fraction of sp³-hybridized carbons (Fsp3) is 0.733. The first kappa shape index (κ1) is 16.2. The SMILES string of the molecule is CCC(CC)(CN)C(=O)N1CCN(c2nc(C)cs2)CC1. The van der Waals surface area contributed by atoms with Crippen molar-refractivity contribution in [3.8, 4) is 0 Å². The summed E-state index contributed by atoms with van der Waals surface area (Å²) in [6, 6.07) is 0. The average Bonchev–Trinajstić information content (AvgIpc) is 2.96. The normalized spacial score (nSPS) is 16.4. The third kappa shape index (κ3) is 3.21. The van der Waals surface area contributed by atoms with Crippen LogP contribution in [0.1, 0.15) is 32.4 Å². The summed E-state index contributed by atoms with van der Waals surface area (Å²) < 4.78 is 0. The van der Waals surface area contributed by atoms with Gasteiger partial charge in [0, 0.05) is 38.1 Å². The van der Waals surface area contributed by atoms with E-state index in [9.17, 15) is 4.79 Å². The van der Waals surface area contributed by atoms with Crippen LogP contribution in [0.4, 0.5) is 5.13 Å². The molecule has 0 aliphatic carbocycles. The molecule has 1 aliphatic heterocycles. The lowest BCUT2D eigenvalue weighted by Crippen LogP contribution is -2.54. The zero-order valence-corrected chi connectivity index (χ0v) is 14.1. The molecule has 5 nitrogen and oxygen atoms in total. The maximum Gasteiger partial charge on any atom is 0.230 e. The van der Waals surface area contributed by atoms with E-state index >= 15 is 0 Å². The van der Waals surface area contributed by atoms with E-state index in [1.807, 2.05) is 11.8 Å². The van der Waals surface area contributed by atoms with Crippen LogP contribution in [0.3, 0.4) is 0 Å². The molecule has 21 heavy (non-hydrogen) atoms. The number of piperazine rings is 1. The Morgan fingerprint density at radius 3 is 2.38 bits per heavy atom. The summed E-state index contributed by atoms with van der Waals surface area (Å²) in [4.78, 5) is 21.5. The van der Waals surface area contributed by atoms with Gasteiger partial charge in [0.05, 0.1) is 11.1 Å². The van der Waals surface area contributed by atoms with Crippen LogP contribution in [0.25, 0.3) is 0 Å². The lowest BCUT2D eigenvalue weighted by Gasteiger charge is -2.40. The Bertz CT molecular complexity index is 468. The molecular formula is C15H26N4OS. The van der Waals surface area contributed by atoms with Gasteiger partial charge in [-0.2, -0.15) is 0 Å². The minimum absolute atomic E-state index is 0.227. The number of nitrogens with zero attached hydrogens (tertiary/aromatic N) is 3. The van der Waals surface area contributed by atoms with Crippen molar-refractivity contribution in [3.63, 3.8) is 0 Å². The second-order valence-corrected chi connectivity index (χ2v) is 6.58. The van der Waals surface area contributed by atoms with Gasteiger partial charge in [0.1, 0.15) is 0 Å². The van der Waals surface area contributed by atoms with E-state index in [1.54, 1.807) is 11.3 Å². The largest absolute Gasteiger partial charge is 0.345 e. The van der Waals surface area contributed by atoms with Crippen molar-refractivity contribution in [3.05, 3.63) is 11.1 Å². The molecule has 0 unspecified atom stereocenters. The predicted molar refractivity (Wildman–Crippen MR) is 87.7 cm³/mol. The third-order valence-electron chi connectivity index (χ3n) is 4.64. The molecule has 0 aromatic carbocycles. The van der Waals surface area contributed by atoms with Crippen LogP contribution in [0, 0.1) is 12.3 Å². The number of thiazole rings is 1. The maximum absolute atomic E-state index is 12.8. The summed E-state index contributed by atoms with van der Waals surface area (Å²) in [5, 5.41) is 3.14. The molecule has 0 atom stereocenters. The molecule has 1 aromatic rings. The summed E-state index contributed by atoms with van der Waals surface area (Å²) in [7, 11) is 0. The van der Waals surface area contributed by atoms with Gasteiger partial charge in [0.25, 0.3) is 0 Å². The number of aryl methyl sites for hydroxylation is 1. The van der Waals surface area contributed by atoms with E-state index in [4.69, 9.17) is 5.73 Å². The van der Waals surface area contributed by atoms with Crippen LogP contribution in [0.5, 0.6) is 0 Å². The molecule has 6 heteroatoms. The molecule has 0 radical (unpaired) electrons. The van der Waals surface area contributed by atoms with Crippen LogP contribution in [0.2, 0.25) is 0 Å². The van der Waals surface area contributed by atoms with Crippen molar-refractivity contribution >= 4 is 22.4 Å². The Balaban J connectivity index is 1.98. The van der Waals surface area contributed by atoms with Crippen LogP contribution in [0.15, 0.2) is 5.38 Å². The zero-order chi connectivity index (χ0) is 15.5. The fourth-order valence-corrected chi connectivity index (χ4v) is 3.71. The van der Waals surface area contributed by atoms with Gasteiger partial charge in [-0.05, 0) is 19.8 Å². The number of hydrogen-bond acceptors (Lipinski definition) is 5. The number of hydrogen-bond donors (Lipinski definition) is 1. The first-order chi connectivity index (χ1) is 10.1. The topological polar surface area (TPSA) is 62.5 Å². The van der Waals surface area contributed by atoms with Crippen LogP contribution in [-0.4, -0.2) is 48.5 Å². The number of carbonyl (C=O) groups is 1. The van der Waals surface area contributed by atoms with E-state index < -0.39 is 0 Å². The van der Waals surface area contributed by atoms with Gasteiger partial charge in [-0.3, -0.25) is 4.79 Å². The van der Waals surface area contributed by atoms with Gasteiger partial charge in [0.2, 0.25) is 5.91 Å². The van der Waals surface area contributed by atoms with Crippen LogP contribution < -0.4 is 10.6 Å². The summed E-state index contributed by atoms with van der Waals surface area (Å²) in [6.07, 6.45) is 1.62. The fourth-order valence-electron chi connectivity index (χ4n) is 2.85. The highest BCUT2D eigenvalue weighted by Crippen LogP contribution is 2.29. The number of nitrogens with two attached hydrogens (primary N) is 1. The highest BCUT2D eigenvalue weighted by atomic mass is 32.1. The molecule has 2 heterocycles. The van der Waals surface area contributed by atoms with Gasteiger partial charge in [0.15, 0.2) is 5.13 Å². The lowest BCUT2D eigenvalue weighted by atomic mass is 9.81. The first-order valence-electron chi connectivity index (χ1n) is 7.73. The Labute approximate surface area is 131 Å². The van der Waals surface area contributed by atoms with E-state index in [1.165, 1.54) is 0 Å². The molecule has 118 valence electrons. The second kappa shape index (κ2) is 6.75. The molecule has 1 fully saturated rings. The number of aromatic nitrogens is 1. The number of carbonyl (C=O) groups excluding carboxylic acids is 1. The molecule has 1 amide bonds. The van der Waals surface area contributed by atoms with Gasteiger partial charge >= 0.3 is 0 Å². The summed E-state index contributed by atoms with van der Waals surface area (Å²) >= 11 is 1.68. The Kier molecular flexibility index (Phi) is 5.22. The number of rotatable bonds is 5. The van der Waals surface area contributed by atoms with Gasteiger partial charge < -0.3 is 15.5 Å². The minimum Gasteiger partial charge on any atom is -0.345 e. The van der Waals surface area contributed by atoms with Crippen molar-refractivity contribution in [2.45, 2.75) is 33.6 Å². The monoisotopic (exact) mass is 310 g/mol. The number of amides is 1. The highest BCUT2D eigenvalue weighted by molar-refractivity contribution is 7.13. The molecule has 0 spiro atoms. The average molecular weight is 310 g/mol. The molecule has 1 aromatic heterocycles. The molecular weight excluding hydrogens is 284 g/mol. The van der Waals surface area contributed by atoms with E-state index in [0.29, 0.717) is 6.54 Å². The van der Waals surface area contributed by atoms with E-state index in [0.717, 1.165) is 49.8 Å². The number of anilines is 1. The zero-order valence-electron chi connectivity index (χ0n) is 13.3. The maximum atomic E-state index is 12.8. The van der Waals surface area contributed by atoms with Crippen molar-refractivity contribution in [2.75, 3.05) is 37.6 Å². The Hall–Kier alpha value is -1.14. The summed E-state index contributed by atoms with van der Waals surface area (Å²) in [6.45, 7) is 9.80. The minimum atomic E-state index is -0.375. The van der Waals surface area contributed by atoms with E-state index in [2.05, 4.69) is 29.1 Å². The van der Waals surface area contributed by atoms with Crippen molar-refractivity contribution in [1.29, 1.82) is 0 Å². The van der Waals surface area contributed by atoms with Crippen molar-refractivity contribution in [2.24, 2.45) is 11.1 Å². The van der Waals surface area contributed by atoms with Gasteiger partial charge in [-0.15, -0.1) is 11.3 Å². The highest BCUT2D eigenvalue weighted by Gasteiger charge is 2.37. The standard InChI is InChI=1S/C15H26N4OS/c1-4-15(5-2,11-16)13(20)18-6-8-19(9-7-18)14-17-12(3)10-21-14/h10H,4-9,11,16H2,1-3H3. The second-order valence-electron chi connectivity index (χ2n) is 5.74. The first-order valence-corrected chi connectivity index (χ1v) is 8.60. The molecule has 1 saturated heterocycles. The molecule has 1 aliphatic rings. The third-order valence-corrected chi connectivity index (χ3v) is 5.66. The van der Waals surface area contributed by atoms with Crippen LogP contribution >= 0.6 is 11.3 Å². The Morgan fingerprint density at radius 1 is 1.33 bits per heavy atom. The van der Waals surface area contributed by atoms with Crippen molar-refractivity contribution < 1.29 is 4.79 Å². The molecule has 2 rings (SSSR count). The van der Waals surface area contributed by atoms with Gasteiger partial charge in [-0.1, -0.05) is 13.8 Å². The summed E-state index contributed by atoms with van der Waals surface area (Å²) in [5.74, 6) is 0.227. The summed E-state index contributed by atoms with van der Waals surface area (Å²) in [5.41, 5.74) is 6.58. The Morgan fingerprint density at radius 2 is 1.95 bits per heavy atom. The predicted octanol–water partition coefficient (Wildman–Crippen LogP) is 1.87. The lowest BCUT2D eigenvalue weighted by molar-refractivity contribution is -0.142. The molecule has 0 bridgehead atoms.